The topological polar surface area (TPSA) is 106 Å². The minimum Gasteiger partial charge on any atom is -0.496 e. The van der Waals surface area contributed by atoms with Crippen molar-refractivity contribution >= 4 is 29.7 Å². The first-order valence-corrected chi connectivity index (χ1v) is 9.31. The molecular weight excluding hydrogens is 417 g/mol. The SMILES string of the molecule is COc1ccccc1C(=O)Oc1ccc(/C=N/NC(=O)C(=O)Nc2ccc(F)cc2)cc1. The van der Waals surface area contributed by atoms with Gasteiger partial charge in [0.1, 0.15) is 22.9 Å². The molecule has 0 unspecified atom stereocenters. The van der Waals surface area contributed by atoms with Crippen molar-refractivity contribution in [2.24, 2.45) is 5.10 Å². The molecule has 8 nitrogen and oxygen atoms in total. The van der Waals surface area contributed by atoms with Gasteiger partial charge in [-0.05, 0) is 66.2 Å². The summed E-state index contributed by atoms with van der Waals surface area (Å²) >= 11 is 0. The van der Waals surface area contributed by atoms with Crippen LogP contribution in [-0.2, 0) is 9.59 Å². The minimum atomic E-state index is -0.993. The van der Waals surface area contributed by atoms with E-state index in [2.05, 4.69) is 15.8 Å². The number of para-hydroxylation sites is 1. The van der Waals surface area contributed by atoms with Gasteiger partial charge >= 0.3 is 17.8 Å². The summed E-state index contributed by atoms with van der Waals surface area (Å²) in [6, 6.07) is 18.0. The molecule has 0 saturated heterocycles. The fraction of sp³-hybridized carbons (Fsp3) is 0.0435. The maximum Gasteiger partial charge on any atom is 0.347 e. The summed E-state index contributed by atoms with van der Waals surface area (Å²) < 4.78 is 23.3. The normalized spacial score (nSPS) is 10.4. The molecule has 2 amide bonds. The number of methoxy groups -OCH3 is 1. The van der Waals surface area contributed by atoms with Crippen LogP contribution in [0.3, 0.4) is 0 Å². The molecule has 0 heterocycles. The Kier molecular flexibility index (Phi) is 7.26. The van der Waals surface area contributed by atoms with Crippen LogP contribution >= 0.6 is 0 Å². The molecule has 162 valence electrons. The molecule has 0 aliphatic rings. The number of rotatable bonds is 6. The Balaban J connectivity index is 1.52. The quantitative estimate of drug-likeness (QED) is 0.203. The second kappa shape index (κ2) is 10.5. The first kappa shape index (κ1) is 22.2. The summed E-state index contributed by atoms with van der Waals surface area (Å²) in [6.45, 7) is 0. The van der Waals surface area contributed by atoms with Crippen LogP contribution in [-0.4, -0.2) is 31.1 Å². The molecular formula is C23H18FN3O5. The number of hydrogen-bond acceptors (Lipinski definition) is 6. The van der Waals surface area contributed by atoms with E-state index < -0.39 is 23.6 Å². The molecule has 0 fully saturated rings. The van der Waals surface area contributed by atoms with Gasteiger partial charge in [0, 0.05) is 5.69 Å². The number of amides is 2. The summed E-state index contributed by atoms with van der Waals surface area (Å²) in [4.78, 5) is 35.9. The smallest absolute Gasteiger partial charge is 0.347 e. The lowest BCUT2D eigenvalue weighted by atomic mass is 10.2. The van der Waals surface area contributed by atoms with Crippen molar-refractivity contribution in [2.75, 3.05) is 12.4 Å². The zero-order valence-electron chi connectivity index (χ0n) is 16.9. The third-order valence-electron chi connectivity index (χ3n) is 4.11. The average Bonchev–Trinajstić information content (AvgIpc) is 2.81. The molecule has 0 bridgehead atoms. The van der Waals surface area contributed by atoms with Crippen LogP contribution in [0.1, 0.15) is 15.9 Å². The summed E-state index contributed by atoms with van der Waals surface area (Å²) in [6.07, 6.45) is 1.31. The number of hydrazone groups is 1. The maximum atomic E-state index is 12.9. The second-order valence-electron chi connectivity index (χ2n) is 6.32. The summed E-state index contributed by atoms with van der Waals surface area (Å²) in [7, 11) is 1.46. The van der Waals surface area contributed by atoms with E-state index in [-0.39, 0.29) is 5.69 Å². The summed E-state index contributed by atoms with van der Waals surface area (Å²) in [5.74, 6) is -2.26. The number of halogens is 1. The lowest BCUT2D eigenvalue weighted by molar-refractivity contribution is -0.136. The largest absolute Gasteiger partial charge is 0.496 e. The molecule has 0 atom stereocenters. The molecule has 9 heteroatoms. The second-order valence-corrected chi connectivity index (χ2v) is 6.32. The van der Waals surface area contributed by atoms with E-state index in [0.29, 0.717) is 22.6 Å². The number of anilines is 1. The standard InChI is InChI=1S/C23H18FN3O5/c1-31-20-5-3-2-4-19(20)23(30)32-18-12-6-15(7-13-18)14-25-27-22(29)21(28)26-17-10-8-16(24)9-11-17/h2-14H,1H3,(H,26,28)(H,27,29)/b25-14+. The van der Waals surface area contributed by atoms with Crippen LogP contribution in [0.5, 0.6) is 11.5 Å². The molecule has 0 aliphatic carbocycles. The molecule has 0 saturated carbocycles. The summed E-state index contributed by atoms with van der Waals surface area (Å²) in [5, 5.41) is 6.03. The van der Waals surface area contributed by atoms with Crippen molar-refractivity contribution in [3.63, 3.8) is 0 Å². The van der Waals surface area contributed by atoms with E-state index in [4.69, 9.17) is 9.47 Å². The van der Waals surface area contributed by atoms with E-state index in [9.17, 15) is 18.8 Å². The van der Waals surface area contributed by atoms with Crippen LogP contribution in [0.15, 0.2) is 77.9 Å². The van der Waals surface area contributed by atoms with Gasteiger partial charge in [-0.15, -0.1) is 0 Å². The van der Waals surface area contributed by atoms with Gasteiger partial charge in [-0.2, -0.15) is 5.10 Å². The third kappa shape index (κ3) is 5.99. The predicted octanol–water partition coefficient (Wildman–Crippen LogP) is 3.14. The molecule has 3 aromatic rings. The summed E-state index contributed by atoms with van der Waals surface area (Å²) in [5.41, 5.74) is 3.24. The lowest BCUT2D eigenvalue weighted by Gasteiger charge is -2.08. The van der Waals surface area contributed by atoms with E-state index in [1.165, 1.54) is 25.5 Å². The molecule has 32 heavy (non-hydrogen) atoms. The number of hydrogen-bond donors (Lipinski definition) is 2. The van der Waals surface area contributed by atoms with Crippen molar-refractivity contribution < 1.29 is 28.2 Å². The van der Waals surface area contributed by atoms with E-state index in [1.54, 1.807) is 48.5 Å². The molecule has 0 spiro atoms. The van der Waals surface area contributed by atoms with Gasteiger partial charge in [0.25, 0.3) is 0 Å². The van der Waals surface area contributed by atoms with Crippen LogP contribution in [0.25, 0.3) is 0 Å². The minimum absolute atomic E-state index is 0.272. The Bertz CT molecular complexity index is 1150. The third-order valence-corrected chi connectivity index (χ3v) is 4.11. The fourth-order valence-electron chi connectivity index (χ4n) is 2.53. The highest BCUT2D eigenvalue weighted by atomic mass is 19.1. The van der Waals surface area contributed by atoms with Gasteiger partial charge in [-0.1, -0.05) is 12.1 Å². The Hall–Kier alpha value is -4.53. The Morgan fingerprint density at radius 2 is 1.59 bits per heavy atom. The molecule has 2 N–H and O–H groups in total. The first-order valence-electron chi connectivity index (χ1n) is 9.31. The van der Waals surface area contributed by atoms with Gasteiger partial charge in [-0.3, -0.25) is 9.59 Å². The van der Waals surface area contributed by atoms with E-state index in [0.717, 1.165) is 12.1 Å². The maximum absolute atomic E-state index is 12.9. The van der Waals surface area contributed by atoms with Gasteiger partial charge < -0.3 is 14.8 Å². The van der Waals surface area contributed by atoms with Crippen LogP contribution < -0.4 is 20.2 Å². The number of carbonyl (C=O) groups is 3. The highest BCUT2D eigenvalue weighted by Crippen LogP contribution is 2.20. The monoisotopic (exact) mass is 435 g/mol. The number of ether oxygens (including phenoxy) is 2. The highest BCUT2D eigenvalue weighted by Gasteiger charge is 2.14. The van der Waals surface area contributed by atoms with Crippen molar-refractivity contribution in [2.45, 2.75) is 0 Å². The molecule has 0 aromatic heterocycles. The zero-order valence-corrected chi connectivity index (χ0v) is 16.9. The fourth-order valence-corrected chi connectivity index (χ4v) is 2.53. The molecule has 3 rings (SSSR count). The number of nitrogens with zero attached hydrogens (tertiary/aromatic N) is 1. The van der Waals surface area contributed by atoms with Crippen molar-refractivity contribution in [1.82, 2.24) is 5.43 Å². The molecule has 0 aliphatic heterocycles. The Morgan fingerprint density at radius 3 is 2.28 bits per heavy atom. The number of carbonyl (C=O) groups excluding carboxylic acids is 3. The average molecular weight is 435 g/mol. The highest BCUT2D eigenvalue weighted by molar-refractivity contribution is 6.39. The van der Waals surface area contributed by atoms with Crippen molar-refractivity contribution in [3.05, 3.63) is 89.7 Å². The molecule has 0 radical (unpaired) electrons. The van der Waals surface area contributed by atoms with E-state index >= 15 is 0 Å². The van der Waals surface area contributed by atoms with Gasteiger partial charge in [-0.25, -0.2) is 14.6 Å². The van der Waals surface area contributed by atoms with Gasteiger partial charge in [0.2, 0.25) is 0 Å². The van der Waals surface area contributed by atoms with E-state index in [1.807, 2.05) is 0 Å². The van der Waals surface area contributed by atoms with Crippen LogP contribution in [0, 0.1) is 5.82 Å². The number of esters is 1. The zero-order chi connectivity index (χ0) is 22.9. The van der Waals surface area contributed by atoms with Crippen molar-refractivity contribution in [3.8, 4) is 11.5 Å². The van der Waals surface area contributed by atoms with Crippen LogP contribution in [0.4, 0.5) is 10.1 Å². The van der Waals surface area contributed by atoms with Crippen molar-refractivity contribution in [1.29, 1.82) is 0 Å². The lowest BCUT2D eigenvalue weighted by Crippen LogP contribution is -2.32. The van der Waals surface area contributed by atoms with Crippen LogP contribution in [0.2, 0.25) is 0 Å². The number of nitrogens with one attached hydrogen (secondary N) is 2. The number of benzene rings is 3. The Morgan fingerprint density at radius 1 is 0.906 bits per heavy atom. The van der Waals surface area contributed by atoms with Gasteiger partial charge in [0.05, 0.1) is 13.3 Å². The Labute approximate surface area is 182 Å². The first-order chi connectivity index (χ1) is 15.5. The predicted molar refractivity (Wildman–Crippen MR) is 115 cm³/mol. The van der Waals surface area contributed by atoms with Gasteiger partial charge in [0.15, 0.2) is 0 Å². The molecule has 3 aromatic carbocycles.